The standard InChI is InChI=1S/C17H17F2N3OSSi/c1-24(23)17-20-10-21-22(17)11-25-16(12-2-6-14(18)7-3-12)13-4-8-15(19)9-5-13/h2-10,16H,11,25H2,1H3. The van der Waals surface area contributed by atoms with Gasteiger partial charge in [-0.2, -0.15) is 5.10 Å². The van der Waals surface area contributed by atoms with Crippen LogP contribution < -0.4 is 0 Å². The summed E-state index contributed by atoms with van der Waals surface area (Å²) in [4.78, 5) is 4.04. The molecule has 3 rings (SSSR count). The number of aromatic nitrogens is 3. The Morgan fingerprint density at radius 1 is 1.04 bits per heavy atom. The molecule has 130 valence electrons. The maximum atomic E-state index is 13.3. The van der Waals surface area contributed by atoms with Gasteiger partial charge in [-0.25, -0.2) is 18.4 Å². The minimum absolute atomic E-state index is 0.0727. The van der Waals surface area contributed by atoms with E-state index in [-0.39, 0.29) is 17.2 Å². The van der Waals surface area contributed by atoms with E-state index in [0.717, 1.165) is 11.1 Å². The van der Waals surface area contributed by atoms with E-state index >= 15 is 0 Å². The van der Waals surface area contributed by atoms with Crippen molar-refractivity contribution in [1.82, 2.24) is 14.8 Å². The molecule has 0 amide bonds. The normalized spacial score (nSPS) is 13.0. The molecule has 2 aromatic carbocycles. The number of benzene rings is 2. The molecular weight excluding hydrogens is 360 g/mol. The molecule has 0 aliphatic carbocycles. The van der Waals surface area contributed by atoms with E-state index in [2.05, 4.69) is 10.1 Å². The van der Waals surface area contributed by atoms with Crippen LogP contribution >= 0.6 is 0 Å². The minimum Gasteiger partial charge on any atom is -0.251 e. The fourth-order valence-electron chi connectivity index (χ4n) is 2.80. The van der Waals surface area contributed by atoms with Crippen LogP contribution in [0, 0.1) is 11.6 Å². The predicted octanol–water partition coefficient (Wildman–Crippen LogP) is 2.21. The number of rotatable bonds is 6. The van der Waals surface area contributed by atoms with E-state index in [1.54, 1.807) is 35.2 Å². The monoisotopic (exact) mass is 377 g/mol. The van der Waals surface area contributed by atoms with Crippen LogP contribution in [0.5, 0.6) is 0 Å². The van der Waals surface area contributed by atoms with Crippen LogP contribution in [0.3, 0.4) is 0 Å². The minimum atomic E-state index is -1.21. The second-order valence-electron chi connectivity index (χ2n) is 5.66. The van der Waals surface area contributed by atoms with Crippen molar-refractivity contribution in [2.24, 2.45) is 0 Å². The van der Waals surface area contributed by atoms with E-state index in [1.165, 1.54) is 30.6 Å². The summed E-state index contributed by atoms with van der Waals surface area (Å²) in [6.07, 6.45) is 3.60. The third-order valence-electron chi connectivity index (χ3n) is 4.01. The molecule has 0 radical (unpaired) electrons. The smallest absolute Gasteiger partial charge is 0.216 e. The second-order valence-corrected chi connectivity index (χ2v) is 8.78. The molecule has 1 unspecified atom stereocenters. The second kappa shape index (κ2) is 7.79. The summed E-state index contributed by atoms with van der Waals surface area (Å²) in [6, 6.07) is 12.8. The first-order valence-corrected chi connectivity index (χ1v) is 11.1. The van der Waals surface area contributed by atoms with Gasteiger partial charge in [0.15, 0.2) is 0 Å². The summed E-state index contributed by atoms with van der Waals surface area (Å²) >= 11 is 0. The Morgan fingerprint density at radius 2 is 1.56 bits per heavy atom. The van der Waals surface area contributed by atoms with Crippen LogP contribution in [0.2, 0.25) is 0 Å². The van der Waals surface area contributed by atoms with Gasteiger partial charge in [0.25, 0.3) is 0 Å². The Kier molecular flexibility index (Phi) is 5.49. The van der Waals surface area contributed by atoms with Crippen LogP contribution in [0.4, 0.5) is 8.78 Å². The molecule has 25 heavy (non-hydrogen) atoms. The van der Waals surface area contributed by atoms with E-state index in [4.69, 9.17) is 0 Å². The van der Waals surface area contributed by atoms with Crippen molar-refractivity contribution in [3.05, 3.63) is 77.6 Å². The summed E-state index contributed by atoms with van der Waals surface area (Å²) < 4.78 is 39.9. The SMILES string of the molecule is CS(=O)c1ncnn1C[SiH2]C(c1ccc(F)cc1)c1ccc(F)cc1. The number of hydrogen-bond acceptors (Lipinski definition) is 3. The highest BCUT2D eigenvalue weighted by atomic mass is 32.2. The van der Waals surface area contributed by atoms with Crippen molar-refractivity contribution >= 4 is 20.3 Å². The first-order chi connectivity index (χ1) is 12.0. The van der Waals surface area contributed by atoms with Crippen LogP contribution in [-0.2, 0) is 17.0 Å². The summed E-state index contributed by atoms with van der Waals surface area (Å²) in [7, 11) is -2.04. The molecule has 0 N–H and O–H groups in total. The fraction of sp³-hybridized carbons (Fsp3) is 0.176. The van der Waals surface area contributed by atoms with E-state index in [0.29, 0.717) is 11.3 Å². The highest BCUT2D eigenvalue weighted by molar-refractivity contribution is 7.84. The van der Waals surface area contributed by atoms with Crippen molar-refractivity contribution in [3.63, 3.8) is 0 Å². The summed E-state index contributed by atoms with van der Waals surface area (Å²) in [6.45, 7) is 0. The van der Waals surface area contributed by atoms with Crippen molar-refractivity contribution in [2.75, 3.05) is 6.26 Å². The largest absolute Gasteiger partial charge is 0.251 e. The Morgan fingerprint density at radius 3 is 2.04 bits per heavy atom. The average Bonchev–Trinajstić information content (AvgIpc) is 3.07. The summed E-state index contributed by atoms with van der Waals surface area (Å²) in [5, 5.41) is 4.60. The van der Waals surface area contributed by atoms with Gasteiger partial charge < -0.3 is 0 Å². The predicted molar refractivity (Wildman–Crippen MR) is 95.5 cm³/mol. The first kappa shape index (κ1) is 17.6. The van der Waals surface area contributed by atoms with Crippen molar-refractivity contribution in [1.29, 1.82) is 0 Å². The molecule has 1 atom stereocenters. The van der Waals surface area contributed by atoms with Crippen molar-refractivity contribution in [3.8, 4) is 0 Å². The van der Waals surface area contributed by atoms with E-state index < -0.39 is 20.3 Å². The Labute approximate surface area is 149 Å². The molecule has 0 saturated heterocycles. The van der Waals surface area contributed by atoms with Crippen molar-refractivity contribution in [2.45, 2.75) is 16.9 Å². The molecule has 1 aromatic heterocycles. The quantitative estimate of drug-likeness (QED) is 0.619. The number of hydrogen-bond donors (Lipinski definition) is 0. The Balaban J connectivity index is 1.88. The first-order valence-electron chi connectivity index (χ1n) is 7.77. The zero-order valence-corrected chi connectivity index (χ0v) is 15.8. The van der Waals surface area contributed by atoms with Crippen LogP contribution in [0.15, 0.2) is 60.0 Å². The molecule has 0 aliphatic rings. The zero-order chi connectivity index (χ0) is 17.8. The number of halogens is 2. The summed E-state index contributed by atoms with van der Waals surface area (Å²) in [5.74, 6) is -0.577. The number of nitrogens with zero attached hydrogens (tertiary/aromatic N) is 3. The van der Waals surface area contributed by atoms with Crippen LogP contribution in [0.1, 0.15) is 16.7 Å². The lowest BCUT2D eigenvalue weighted by molar-refractivity contribution is 0.624. The molecule has 0 saturated carbocycles. The lowest BCUT2D eigenvalue weighted by Gasteiger charge is -2.18. The summed E-state index contributed by atoms with van der Waals surface area (Å²) in [5.41, 5.74) is 2.04. The van der Waals surface area contributed by atoms with Gasteiger partial charge in [0.05, 0.1) is 20.3 Å². The highest BCUT2D eigenvalue weighted by Crippen LogP contribution is 2.24. The van der Waals surface area contributed by atoms with Gasteiger partial charge in [0.2, 0.25) is 5.16 Å². The average molecular weight is 377 g/mol. The van der Waals surface area contributed by atoms with Gasteiger partial charge in [-0.1, -0.05) is 24.3 Å². The van der Waals surface area contributed by atoms with Crippen LogP contribution in [-0.4, -0.2) is 34.7 Å². The lowest BCUT2D eigenvalue weighted by atomic mass is 10.0. The molecule has 8 heteroatoms. The zero-order valence-electron chi connectivity index (χ0n) is 13.6. The van der Waals surface area contributed by atoms with Gasteiger partial charge in [-0.3, -0.25) is 4.21 Å². The van der Waals surface area contributed by atoms with E-state index in [1.807, 2.05) is 0 Å². The third kappa shape index (κ3) is 4.26. The van der Waals surface area contributed by atoms with Gasteiger partial charge >= 0.3 is 0 Å². The van der Waals surface area contributed by atoms with Gasteiger partial charge in [-0.15, -0.1) is 0 Å². The maximum absolute atomic E-state index is 13.3. The van der Waals surface area contributed by atoms with Gasteiger partial charge in [-0.05, 0) is 40.9 Å². The maximum Gasteiger partial charge on any atom is 0.216 e. The molecule has 3 aromatic rings. The Hall–Kier alpha value is -2.19. The molecule has 1 heterocycles. The van der Waals surface area contributed by atoms with Gasteiger partial charge in [0, 0.05) is 12.4 Å². The van der Waals surface area contributed by atoms with Crippen LogP contribution in [0.25, 0.3) is 0 Å². The molecular formula is C17H17F2N3OSSi. The molecule has 0 fully saturated rings. The van der Waals surface area contributed by atoms with Gasteiger partial charge in [0.1, 0.15) is 18.0 Å². The lowest BCUT2D eigenvalue weighted by Crippen LogP contribution is -2.19. The molecule has 0 bridgehead atoms. The Bertz CT molecular complexity index is 823. The highest BCUT2D eigenvalue weighted by Gasteiger charge is 2.17. The molecule has 0 aliphatic heterocycles. The molecule has 4 nitrogen and oxygen atoms in total. The van der Waals surface area contributed by atoms with E-state index in [9.17, 15) is 13.0 Å². The fourth-order valence-corrected chi connectivity index (χ4v) is 5.63. The topological polar surface area (TPSA) is 47.8 Å². The molecule has 0 spiro atoms. The van der Waals surface area contributed by atoms with Crippen molar-refractivity contribution < 1.29 is 13.0 Å². The third-order valence-corrected chi connectivity index (χ3v) is 7.04.